The zero-order valence-electron chi connectivity index (χ0n) is 12.0. The second-order valence-corrected chi connectivity index (χ2v) is 6.06. The highest BCUT2D eigenvalue weighted by molar-refractivity contribution is 9.10. The Labute approximate surface area is 139 Å². The molecular formula is C16H13BrF3NO2. The molecule has 1 amide bonds. The van der Waals surface area contributed by atoms with Crippen molar-refractivity contribution in [3.8, 4) is 0 Å². The molecule has 2 aromatic rings. The molecule has 0 radical (unpaired) electrons. The van der Waals surface area contributed by atoms with Gasteiger partial charge in [0.15, 0.2) is 0 Å². The Morgan fingerprint density at radius 2 is 1.78 bits per heavy atom. The Morgan fingerprint density at radius 3 is 2.39 bits per heavy atom. The monoisotopic (exact) mass is 387 g/mol. The van der Waals surface area contributed by atoms with Crippen LogP contribution < -0.4 is 5.32 Å². The van der Waals surface area contributed by atoms with Crippen molar-refractivity contribution in [2.24, 2.45) is 0 Å². The summed E-state index contributed by atoms with van der Waals surface area (Å²) in [4.78, 5) is 12.1. The van der Waals surface area contributed by atoms with Crippen LogP contribution in [0.5, 0.6) is 0 Å². The number of nitrogens with one attached hydrogen (secondary N) is 1. The highest BCUT2D eigenvalue weighted by atomic mass is 79.9. The van der Waals surface area contributed by atoms with Crippen molar-refractivity contribution < 1.29 is 23.1 Å². The van der Waals surface area contributed by atoms with E-state index >= 15 is 0 Å². The van der Waals surface area contributed by atoms with Crippen LogP contribution in [0.3, 0.4) is 0 Å². The fourth-order valence-corrected chi connectivity index (χ4v) is 2.57. The fraction of sp³-hybridized carbons (Fsp3) is 0.188. The molecule has 0 aromatic heterocycles. The van der Waals surface area contributed by atoms with Crippen molar-refractivity contribution in [1.82, 2.24) is 5.32 Å². The molecule has 7 heteroatoms. The number of halogens is 4. The van der Waals surface area contributed by atoms with Crippen molar-refractivity contribution in [3.63, 3.8) is 0 Å². The first-order valence-corrected chi connectivity index (χ1v) is 7.41. The minimum absolute atomic E-state index is 0.141. The van der Waals surface area contributed by atoms with Crippen LogP contribution in [-0.2, 0) is 5.60 Å². The van der Waals surface area contributed by atoms with E-state index in [9.17, 15) is 23.1 Å². The van der Waals surface area contributed by atoms with Crippen LogP contribution in [-0.4, -0.2) is 17.6 Å². The van der Waals surface area contributed by atoms with Crippen molar-refractivity contribution in [2.45, 2.75) is 12.5 Å². The van der Waals surface area contributed by atoms with E-state index in [0.29, 0.717) is 6.07 Å². The van der Waals surface area contributed by atoms with Crippen LogP contribution in [0.2, 0.25) is 0 Å². The lowest BCUT2D eigenvalue weighted by atomic mass is 9.95. The minimum atomic E-state index is -1.74. The van der Waals surface area contributed by atoms with E-state index in [2.05, 4.69) is 21.2 Å². The topological polar surface area (TPSA) is 49.3 Å². The van der Waals surface area contributed by atoms with Gasteiger partial charge in [0, 0.05) is 16.1 Å². The van der Waals surface area contributed by atoms with Crippen molar-refractivity contribution >= 4 is 21.8 Å². The average Bonchev–Trinajstić information content (AvgIpc) is 2.44. The van der Waals surface area contributed by atoms with E-state index in [-0.39, 0.29) is 22.1 Å². The van der Waals surface area contributed by atoms with Gasteiger partial charge in [-0.05, 0) is 47.1 Å². The van der Waals surface area contributed by atoms with Gasteiger partial charge in [0.05, 0.1) is 12.1 Å². The number of carbonyl (C=O) groups is 1. The lowest BCUT2D eigenvalue weighted by molar-refractivity contribution is 0.0494. The Morgan fingerprint density at radius 1 is 1.17 bits per heavy atom. The maximum atomic E-state index is 13.7. The molecule has 0 heterocycles. The summed E-state index contributed by atoms with van der Waals surface area (Å²) in [5.41, 5.74) is -1.71. The van der Waals surface area contributed by atoms with E-state index in [1.165, 1.54) is 13.0 Å². The first-order valence-electron chi connectivity index (χ1n) is 6.62. The van der Waals surface area contributed by atoms with Gasteiger partial charge >= 0.3 is 0 Å². The summed E-state index contributed by atoms with van der Waals surface area (Å²) in [7, 11) is 0. The van der Waals surface area contributed by atoms with Gasteiger partial charge in [0.25, 0.3) is 5.91 Å². The molecule has 1 atom stereocenters. The van der Waals surface area contributed by atoms with Gasteiger partial charge in [-0.15, -0.1) is 0 Å². The summed E-state index contributed by atoms with van der Waals surface area (Å²) in [6.07, 6.45) is 0. The number of hydrogen-bond acceptors (Lipinski definition) is 2. The maximum Gasteiger partial charge on any atom is 0.252 e. The molecule has 0 bridgehead atoms. The largest absolute Gasteiger partial charge is 0.383 e. The first-order chi connectivity index (χ1) is 10.7. The Kier molecular flexibility index (Phi) is 5.11. The first kappa shape index (κ1) is 17.5. The number of hydrogen-bond donors (Lipinski definition) is 2. The number of carbonyl (C=O) groups excluding carboxylic acids is 1. The van der Waals surface area contributed by atoms with Gasteiger partial charge < -0.3 is 10.4 Å². The van der Waals surface area contributed by atoms with Crippen LogP contribution in [0.4, 0.5) is 13.2 Å². The minimum Gasteiger partial charge on any atom is -0.383 e. The normalized spacial score (nSPS) is 13.5. The van der Waals surface area contributed by atoms with Crippen LogP contribution in [0, 0.1) is 17.5 Å². The van der Waals surface area contributed by atoms with Crippen molar-refractivity contribution in [2.75, 3.05) is 6.54 Å². The molecule has 122 valence electrons. The molecule has 0 aliphatic rings. The molecule has 2 rings (SSSR count). The number of benzene rings is 2. The molecule has 0 saturated carbocycles. The predicted octanol–water partition coefficient (Wildman–Crippen LogP) is 3.50. The van der Waals surface area contributed by atoms with Gasteiger partial charge in [-0.3, -0.25) is 4.79 Å². The van der Waals surface area contributed by atoms with E-state index in [1.54, 1.807) is 0 Å². The van der Waals surface area contributed by atoms with Gasteiger partial charge in [0.1, 0.15) is 23.1 Å². The van der Waals surface area contributed by atoms with Crippen LogP contribution in [0.25, 0.3) is 0 Å². The average molecular weight is 388 g/mol. The van der Waals surface area contributed by atoms with Crippen LogP contribution in [0.15, 0.2) is 40.9 Å². The molecule has 0 aliphatic carbocycles. The van der Waals surface area contributed by atoms with Gasteiger partial charge in [-0.2, -0.15) is 0 Å². The second kappa shape index (κ2) is 6.72. The molecule has 0 fully saturated rings. The summed E-state index contributed by atoms with van der Waals surface area (Å²) >= 11 is 3.07. The summed E-state index contributed by atoms with van der Waals surface area (Å²) in [5, 5.41) is 12.8. The quantitative estimate of drug-likeness (QED) is 0.843. The zero-order valence-corrected chi connectivity index (χ0v) is 13.6. The number of amides is 1. The fourth-order valence-electron chi connectivity index (χ4n) is 2.04. The molecule has 1 unspecified atom stereocenters. The molecule has 3 nitrogen and oxygen atoms in total. The summed E-state index contributed by atoms with van der Waals surface area (Å²) < 4.78 is 39.9. The molecule has 0 saturated heterocycles. The van der Waals surface area contributed by atoms with E-state index in [4.69, 9.17) is 0 Å². The molecule has 0 aliphatic heterocycles. The second-order valence-electron chi connectivity index (χ2n) is 5.20. The number of aliphatic hydroxyl groups is 1. The highest BCUT2D eigenvalue weighted by Crippen LogP contribution is 2.24. The SMILES string of the molecule is CC(O)(CNC(=O)c1ccc(F)cc1Br)c1ccc(F)cc1F. The predicted molar refractivity (Wildman–Crippen MR) is 82.4 cm³/mol. The molecular weight excluding hydrogens is 375 g/mol. The maximum absolute atomic E-state index is 13.7. The van der Waals surface area contributed by atoms with Gasteiger partial charge in [-0.25, -0.2) is 13.2 Å². The summed E-state index contributed by atoms with van der Waals surface area (Å²) in [5.74, 6) is -2.75. The molecule has 2 N–H and O–H groups in total. The Hall–Kier alpha value is -1.86. The number of rotatable bonds is 4. The Bertz CT molecular complexity index is 750. The van der Waals surface area contributed by atoms with E-state index in [0.717, 1.165) is 24.3 Å². The third-order valence-electron chi connectivity index (χ3n) is 3.28. The van der Waals surface area contributed by atoms with Gasteiger partial charge in [-0.1, -0.05) is 6.07 Å². The van der Waals surface area contributed by atoms with E-state index in [1.807, 2.05) is 0 Å². The lowest BCUT2D eigenvalue weighted by Gasteiger charge is -2.25. The third kappa shape index (κ3) is 4.11. The highest BCUT2D eigenvalue weighted by Gasteiger charge is 2.28. The van der Waals surface area contributed by atoms with Gasteiger partial charge in [0.2, 0.25) is 0 Å². The third-order valence-corrected chi connectivity index (χ3v) is 3.94. The molecule has 2 aromatic carbocycles. The van der Waals surface area contributed by atoms with Crippen molar-refractivity contribution in [3.05, 3.63) is 69.4 Å². The van der Waals surface area contributed by atoms with Crippen molar-refractivity contribution in [1.29, 1.82) is 0 Å². The zero-order chi connectivity index (χ0) is 17.2. The van der Waals surface area contributed by atoms with E-state index < -0.39 is 29.0 Å². The molecule has 0 spiro atoms. The lowest BCUT2D eigenvalue weighted by Crippen LogP contribution is -2.39. The summed E-state index contributed by atoms with van der Waals surface area (Å²) in [6.45, 7) is 0.988. The van der Waals surface area contributed by atoms with Crippen LogP contribution >= 0.6 is 15.9 Å². The smallest absolute Gasteiger partial charge is 0.252 e. The summed E-state index contributed by atoms with van der Waals surface area (Å²) in [6, 6.07) is 6.32. The molecule has 23 heavy (non-hydrogen) atoms. The Balaban J connectivity index is 2.13. The van der Waals surface area contributed by atoms with Crippen LogP contribution in [0.1, 0.15) is 22.8 Å². The standard InChI is InChI=1S/C16H13BrF3NO2/c1-16(23,12-5-3-10(19)7-14(12)20)8-21-15(22)11-4-2-9(18)6-13(11)17/h2-7,23H,8H2,1H3,(H,21,22).